The third-order valence-corrected chi connectivity index (χ3v) is 5.58. The Hall–Kier alpha value is -2.46. The molecule has 0 aliphatic rings. The van der Waals surface area contributed by atoms with Gasteiger partial charge in [-0.1, -0.05) is 12.1 Å². The quantitative estimate of drug-likeness (QED) is 0.565. The van der Waals surface area contributed by atoms with Crippen LogP contribution in [0, 0.1) is 0 Å². The molecule has 0 saturated carbocycles. The summed E-state index contributed by atoms with van der Waals surface area (Å²) in [5.41, 5.74) is 0.992. The molecule has 0 fully saturated rings. The van der Waals surface area contributed by atoms with Crippen LogP contribution in [0.2, 0.25) is 0 Å². The number of nitrogens with one attached hydrogen (secondary N) is 1. The van der Waals surface area contributed by atoms with Gasteiger partial charge in [0.2, 0.25) is 27.9 Å². The van der Waals surface area contributed by atoms with Crippen molar-refractivity contribution in [3.63, 3.8) is 0 Å². The highest BCUT2D eigenvalue weighted by Gasteiger charge is 2.14. The SMILES string of the molecule is CCN(CC)c1nc(NCCc2ccc(S(N)(=O)=O)cc2)nc(N(CC)CC)n1. The van der Waals surface area contributed by atoms with E-state index < -0.39 is 10.0 Å². The van der Waals surface area contributed by atoms with Crippen molar-refractivity contribution in [1.82, 2.24) is 15.0 Å². The third kappa shape index (κ3) is 6.26. The van der Waals surface area contributed by atoms with E-state index >= 15 is 0 Å². The number of hydrogen-bond acceptors (Lipinski definition) is 8. The van der Waals surface area contributed by atoms with Gasteiger partial charge in [0.25, 0.3) is 0 Å². The van der Waals surface area contributed by atoms with Gasteiger partial charge in [0.15, 0.2) is 0 Å². The molecule has 0 unspecified atom stereocenters. The Bertz CT molecular complexity index is 850. The maximum absolute atomic E-state index is 11.4. The first kappa shape index (κ1) is 22.8. The van der Waals surface area contributed by atoms with Crippen LogP contribution < -0.4 is 20.3 Å². The molecule has 0 atom stereocenters. The predicted octanol–water partition coefficient (Wildman–Crippen LogP) is 1.87. The molecule has 0 amide bonds. The number of anilines is 3. The first-order chi connectivity index (χ1) is 13.8. The summed E-state index contributed by atoms with van der Waals surface area (Å²) in [4.78, 5) is 18.1. The highest BCUT2D eigenvalue weighted by atomic mass is 32.2. The van der Waals surface area contributed by atoms with E-state index in [2.05, 4.69) is 57.8 Å². The van der Waals surface area contributed by atoms with Crippen molar-refractivity contribution in [2.75, 3.05) is 47.8 Å². The molecule has 1 aromatic heterocycles. The highest BCUT2D eigenvalue weighted by molar-refractivity contribution is 7.89. The van der Waals surface area contributed by atoms with Gasteiger partial charge in [0.05, 0.1) is 4.90 Å². The number of nitrogens with two attached hydrogens (primary N) is 1. The second kappa shape index (κ2) is 10.4. The number of primary sulfonamides is 1. The topological polar surface area (TPSA) is 117 Å². The van der Waals surface area contributed by atoms with Crippen molar-refractivity contribution in [2.24, 2.45) is 5.14 Å². The van der Waals surface area contributed by atoms with Crippen molar-refractivity contribution in [1.29, 1.82) is 0 Å². The van der Waals surface area contributed by atoms with Gasteiger partial charge < -0.3 is 15.1 Å². The van der Waals surface area contributed by atoms with Gasteiger partial charge in [0.1, 0.15) is 0 Å². The van der Waals surface area contributed by atoms with E-state index in [-0.39, 0.29) is 4.90 Å². The van der Waals surface area contributed by atoms with Gasteiger partial charge in [-0.15, -0.1) is 0 Å². The van der Waals surface area contributed by atoms with Crippen LogP contribution in [0.1, 0.15) is 33.3 Å². The van der Waals surface area contributed by atoms with E-state index in [9.17, 15) is 8.42 Å². The van der Waals surface area contributed by atoms with E-state index in [1.54, 1.807) is 12.1 Å². The van der Waals surface area contributed by atoms with Crippen LogP contribution >= 0.6 is 0 Å². The minimum atomic E-state index is -3.67. The van der Waals surface area contributed by atoms with E-state index in [4.69, 9.17) is 5.14 Å². The average Bonchev–Trinajstić information content (AvgIpc) is 2.70. The van der Waals surface area contributed by atoms with Gasteiger partial charge in [-0.2, -0.15) is 15.0 Å². The Labute approximate surface area is 173 Å². The molecule has 2 rings (SSSR count). The summed E-state index contributed by atoms with van der Waals surface area (Å²) in [6.07, 6.45) is 0.692. The molecule has 3 N–H and O–H groups in total. The first-order valence-corrected chi connectivity index (χ1v) is 11.5. The predicted molar refractivity (Wildman–Crippen MR) is 117 cm³/mol. The summed E-state index contributed by atoms with van der Waals surface area (Å²) in [5.74, 6) is 1.85. The van der Waals surface area contributed by atoms with E-state index in [0.29, 0.717) is 30.8 Å². The van der Waals surface area contributed by atoms with Gasteiger partial charge in [-0.3, -0.25) is 0 Å². The fourth-order valence-electron chi connectivity index (χ4n) is 2.89. The Kier molecular flexibility index (Phi) is 8.15. The molecule has 0 bridgehead atoms. The lowest BCUT2D eigenvalue weighted by Crippen LogP contribution is -2.29. The summed E-state index contributed by atoms with van der Waals surface area (Å²) >= 11 is 0. The molecule has 2 aromatic rings. The van der Waals surface area contributed by atoms with Crippen LogP contribution in [0.4, 0.5) is 17.8 Å². The van der Waals surface area contributed by atoms with Crippen molar-refractivity contribution in [3.05, 3.63) is 29.8 Å². The van der Waals surface area contributed by atoms with E-state index in [1.165, 1.54) is 12.1 Å². The van der Waals surface area contributed by atoms with Gasteiger partial charge in [-0.25, -0.2) is 13.6 Å². The van der Waals surface area contributed by atoms with Crippen molar-refractivity contribution in [2.45, 2.75) is 39.0 Å². The van der Waals surface area contributed by atoms with Crippen LogP contribution in [0.5, 0.6) is 0 Å². The lowest BCUT2D eigenvalue weighted by atomic mass is 10.1. The number of rotatable bonds is 11. The van der Waals surface area contributed by atoms with Crippen molar-refractivity contribution >= 4 is 27.9 Å². The zero-order valence-electron chi connectivity index (χ0n) is 17.6. The monoisotopic (exact) mass is 421 g/mol. The molecule has 0 aliphatic carbocycles. The Morgan fingerprint density at radius 3 is 1.76 bits per heavy atom. The number of benzene rings is 1. The van der Waals surface area contributed by atoms with Gasteiger partial charge in [0, 0.05) is 32.7 Å². The molecule has 0 aliphatic heterocycles. The Morgan fingerprint density at radius 1 is 0.862 bits per heavy atom. The number of nitrogens with zero attached hydrogens (tertiary/aromatic N) is 5. The fraction of sp³-hybridized carbons (Fsp3) is 0.526. The van der Waals surface area contributed by atoms with Crippen LogP contribution in [0.3, 0.4) is 0 Å². The normalized spacial score (nSPS) is 11.3. The third-order valence-electron chi connectivity index (χ3n) is 4.65. The van der Waals surface area contributed by atoms with Crippen LogP contribution in [0.15, 0.2) is 29.2 Å². The molecule has 1 heterocycles. The molecule has 160 valence electrons. The highest BCUT2D eigenvalue weighted by Crippen LogP contribution is 2.17. The summed E-state index contributed by atoms with van der Waals surface area (Å²) in [5, 5.41) is 8.40. The molecule has 1 aromatic carbocycles. The van der Waals surface area contributed by atoms with Crippen LogP contribution in [-0.4, -0.2) is 56.1 Å². The molecule has 9 nitrogen and oxygen atoms in total. The summed E-state index contributed by atoms with van der Waals surface area (Å²) in [6.45, 7) is 12.1. The Balaban J connectivity index is 2.14. The number of aromatic nitrogens is 3. The lowest BCUT2D eigenvalue weighted by Gasteiger charge is -2.23. The van der Waals surface area contributed by atoms with E-state index in [0.717, 1.165) is 31.7 Å². The molecule has 0 spiro atoms. The summed E-state index contributed by atoms with van der Waals surface area (Å²) < 4.78 is 22.7. The Morgan fingerprint density at radius 2 is 1.34 bits per heavy atom. The first-order valence-electron chi connectivity index (χ1n) is 9.93. The number of sulfonamides is 1. The van der Waals surface area contributed by atoms with Gasteiger partial charge >= 0.3 is 0 Å². The largest absolute Gasteiger partial charge is 0.354 e. The van der Waals surface area contributed by atoms with Crippen molar-refractivity contribution < 1.29 is 8.42 Å². The summed E-state index contributed by atoms with van der Waals surface area (Å²) in [7, 11) is -3.67. The maximum Gasteiger partial charge on any atom is 0.238 e. The second-order valence-electron chi connectivity index (χ2n) is 6.47. The zero-order chi connectivity index (χ0) is 21.4. The summed E-state index contributed by atoms with van der Waals surface area (Å²) in [6, 6.07) is 6.56. The molecule has 29 heavy (non-hydrogen) atoms. The average molecular weight is 422 g/mol. The van der Waals surface area contributed by atoms with Crippen LogP contribution in [-0.2, 0) is 16.4 Å². The van der Waals surface area contributed by atoms with E-state index in [1.807, 2.05) is 0 Å². The molecule has 0 saturated heterocycles. The molecule has 10 heteroatoms. The van der Waals surface area contributed by atoms with Crippen molar-refractivity contribution in [3.8, 4) is 0 Å². The second-order valence-corrected chi connectivity index (χ2v) is 8.03. The molecular formula is C19H31N7O2S. The number of hydrogen-bond donors (Lipinski definition) is 2. The van der Waals surface area contributed by atoms with Crippen LogP contribution in [0.25, 0.3) is 0 Å². The maximum atomic E-state index is 11.4. The molecular weight excluding hydrogens is 390 g/mol. The lowest BCUT2D eigenvalue weighted by molar-refractivity contribution is 0.598. The minimum Gasteiger partial charge on any atom is -0.354 e. The zero-order valence-corrected chi connectivity index (χ0v) is 18.4. The fourth-order valence-corrected chi connectivity index (χ4v) is 3.41. The van der Waals surface area contributed by atoms with Gasteiger partial charge in [-0.05, 0) is 51.8 Å². The molecule has 0 radical (unpaired) electrons. The standard InChI is InChI=1S/C19H31N7O2S/c1-5-25(6-2)18-22-17(23-19(24-18)26(7-3)8-4)21-14-13-15-9-11-16(12-10-15)29(20,27)28/h9-12H,5-8,13-14H2,1-4H3,(H2,20,27,28)(H,21,22,23,24). The minimum absolute atomic E-state index is 0.111. The smallest absolute Gasteiger partial charge is 0.238 e.